The minimum Gasteiger partial charge on any atom is -0.386 e. The van der Waals surface area contributed by atoms with E-state index in [1.165, 1.54) is 6.92 Å². The van der Waals surface area contributed by atoms with E-state index in [1.807, 2.05) is 0 Å². The second-order valence-electron chi connectivity index (χ2n) is 4.38. The molecule has 2 saturated carbocycles. The van der Waals surface area contributed by atoms with Crippen LogP contribution in [0.1, 0.15) is 19.8 Å². The summed E-state index contributed by atoms with van der Waals surface area (Å²) < 4.78 is 5.52. The summed E-state index contributed by atoms with van der Waals surface area (Å²) in [6.45, 7) is 1.53. The largest absolute Gasteiger partial charge is 0.386 e. The fourth-order valence-electron chi connectivity index (χ4n) is 3.12. The third-order valence-corrected chi connectivity index (χ3v) is 3.57. The van der Waals surface area contributed by atoms with Gasteiger partial charge in [0.25, 0.3) is 0 Å². The van der Waals surface area contributed by atoms with Crippen molar-refractivity contribution < 1.29 is 14.6 Å². The van der Waals surface area contributed by atoms with Crippen molar-refractivity contribution in [2.24, 2.45) is 11.8 Å². The maximum atomic E-state index is 10.9. The lowest BCUT2D eigenvalue weighted by molar-refractivity contribution is -0.124. The number of ether oxygens (including phenoxy) is 1. The number of ketones is 1. The maximum Gasteiger partial charge on any atom is 0.132 e. The average Bonchev–Trinajstić information content (AvgIpc) is 2.33. The molecule has 5 atom stereocenters. The summed E-state index contributed by atoms with van der Waals surface area (Å²) in [5.41, 5.74) is -0.791. The summed E-state index contributed by atoms with van der Waals surface area (Å²) in [4.78, 5) is 10.9. The van der Waals surface area contributed by atoms with Gasteiger partial charge in [-0.25, -0.2) is 0 Å². The van der Waals surface area contributed by atoms with Crippen molar-refractivity contribution in [1.82, 2.24) is 0 Å². The van der Waals surface area contributed by atoms with Crippen LogP contribution in [0.15, 0.2) is 0 Å². The van der Waals surface area contributed by atoms with Gasteiger partial charge in [-0.05, 0) is 19.3 Å². The molecule has 2 saturated heterocycles. The Bertz CT molecular complexity index is 246. The van der Waals surface area contributed by atoms with Crippen molar-refractivity contribution in [1.29, 1.82) is 0 Å². The second kappa shape index (κ2) is 1.75. The molecule has 2 aliphatic carbocycles. The molecule has 1 N–H and O–H groups in total. The molecule has 3 nitrogen and oxygen atoms in total. The highest BCUT2D eigenvalue weighted by molar-refractivity contribution is 5.77. The third-order valence-electron chi connectivity index (χ3n) is 3.57. The molecule has 4 aliphatic rings. The Hall–Kier alpha value is -0.410. The van der Waals surface area contributed by atoms with Crippen molar-refractivity contribution >= 4 is 5.78 Å². The van der Waals surface area contributed by atoms with Crippen LogP contribution in [0.5, 0.6) is 0 Å². The number of carbonyl (C=O) groups is 1. The zero-order valence-electron chi connectivity index (χ0n) is 6.99. The van der Waals surface area contributed by atoms with Crippen LogP contribution in [0.4, 0.5) is 0 Å². The summed E-state index contributed by atoms with van der Waals surface area (Å²) in [7, 11) is 0. The lowest BCUT2D eigenvalue weighted by atomic mass is 9.91. The van der Waals surface area contributed by atoms with Gasteiger partial charge in [-0.2, -0.15) is 0 Å². The average molecular weight is 168 g/mol. The van der Waals surface area contributed by atoms with Crippen LogP contribution in [0.2, 0.25) is 0 Å². The zero-order chi connectivity index (χ0) is 8.51. The predicted octanol–water partition coefficient (Wildman–Crippen LogP) is 0.114. The highest BCUT2D eigenvalue weighted by atomic mass is 16.5. The molecule has 0 aromatic rings. The highest BCUT2D eigenvalue weighted by Crippen LogP contribution is 2.68. The highest BCUT2D eigenvalue weighted by Gasteiger charge is 2.77. The third kappa shape index (κ3) is 0.591. The molecule has 4 bridgehead atoms. The topological polar surface area (TPSA) is 46.5 Å². The van der Waals surface area contributed by atoms with Gasteiger partial charge in [0, 0.05) is 12.3 Å². The fraction of sp³-hybridized carbons (Fsp3) is 0.889. The zero-order valence-corrected chi connectivity index (χ0v) is 6.99. The van der Waals surface area contributed by atoms with Crippen LogP contribution in [-0.4, -0.2) is 28.7 Å². The molecular formula is C9H12O3. The molecule has 0 spiro atoms. The van der Waals surface area contributed by atoms with Gasteiger partial charge in [0.15, 0.2) is 0 Å². The van der Waals surface area contributed by atoms with Gasteiger partial charge in [0.1, 0.15) is 11.4 Å². The van der Waals surface area contributed by atoms with E-state index in [4.69, 9.17) is 4.74 Å². The maximum absolute atomic E-state index is 10.9. The van der Waals surface area contributed by atoms with E-state index in [1.54, 1.807) is 0 Å². The van der Waals surface area contributed by atoms with E-state index in [9.17, 15) is 9.90 Å². The Balaban J connectivity index is 1.88. The van der Waals surface area contributed by atoms with E-state index in [2.05, 4.69) is 0 Å². The smallest absolute Gasteiger partial charge is 0.132 e. The summed E-state index contributed by atoms with van der Waals surface area (Å²) in [5.74, 6) is 0.921. The van der Waals surface area contributed by atoms with Crippen LogP contribution < -0.4 is 0 Å². The van der Waals surface area contributed by atoms with E-state index >= 15 is 0 Å². The lowest BCUT2D eigenvalue weighted by Crippen LogP contribution is -2.39. The number of rotatable bonds is 2. The van der Waals surface area contributed by atoms with Gasteiger partial charge in [-0.3, -0.25) is 4.79 Å². The Labute approximate surface area is 70.7 Å². The Kier molecular flexibility index (Phi) is 1.03. The van der Waals surface area contributed by atoms with Crippen LogP contribution >= 0.6 is 0 Å². The Morgan fingerprint density at radius 3 is 2.83 bits per heavy atom. The van der Waals surface area contributed by atoms with Crippen LogP contribution in [0.3, 0.4) is 0 Å². The molecule has 0 radical (unpaired) electrons. The first-order valence-electron chi connectivity index (χ1n) is 4.50. The van der Waals surface area contributed by atoms with Crippen LogP contribution in [0.25, 0.3) is 0 Å². The Morgan fingerprint density at radius 1 is 1.75 bits per heavy atom. The molecule has 2 unspecified atom stereocenters. The SMILES string of the molecule is CC(=O)C[C@]1(O)C2C3C[C@H]1O[C@@H]32. The second-order valence-corrected chi connectivity index (χ2v) is 4.38. The molecule has 66 valence electrons. The van der Waals surface area contributed by atoms with E-state index in [0.717, 1.165) is 6.42 Å². The van der Waals surface area contributed by atoms with Crippen molar-refractivity contribution in [3.8, 4) is 0 Å². The van der Waals surface area contributed by atoms with Gasteiger partial charge in [-0.15, -0.1) is 0 Å². The van der Waals surface area contributed by atoms with Crippen molar-refractivity contribution in [2.75, 3.05) is 0 Å². The monoisotopic (exact) mass is 168 g/mol. The molecule has 0 amide bonds. The standard InChI is InChI=1S/C9H12O3/c1-4(10)3-9(11)6-2-5-7(9)8(5)12-6/h5-8,11H,2-3H2,1H3/t5?,6-,7?,8+,9-/m1/s1. The van der Waals surface area contributed by atoms with Crippen LogP contribution in [-0.2, 0) is 9.53 Å². The molecule has 12 heavy (non-hydrogen) atoms. The van der Waals surface area contributed by atoms with Gasteiger partial charge >= 0.3 is 0 Å². The predicted molar refractivity (Wildman–Crippen MR) is 40.5 cm³/mol. The Morgan fingerprint density at radius 2 is 2.50 bits per heavy atom. The van der Waals surface area contributed by atoms with Crippen molar-refractivity contribution in [2.45, 2.75) is 37.6 Å². The van der Waals surface area contributed by atoms with Crippen molar-refractivity contribution in [3.05, 3.63) is 0 Å². The summed E-state index contributed by atoms with van der Waals surface area (Å²) >= 11 is 0. The number of Topliss-reactive ketones (excluding diaryl/α,β-unsaturated/α-hetero) is 1. The minimum absolute atomic E-state index is 0.0404. The summed E-state index contributed by atoms with van der Waals surface area (Å²) in [5, 5.41) is 10.1. The fourth-order valence-corrected chi connectivity index (χ4v) is 3.12. The number of aliphatic hydroxyl groups is 1. The molecule has 2 aliphatic heterocycles. The van der Waals surface area contributed by atoms with Gasteiger partial charge in [0.2, 0.25) is 0 Å². The first-order valence-corrected chi connectivity index (χ1v) is 4.50. The molecule has 3 heteroatoms. The quantitative estimate of drug-likeness (QED) is 0.636. The summed E-state index contributed by atoms with van der Waals surface area (Å²) in [6, 6.07) is 0. The number of hydrogen-bond acceptors (Lipinski definition) is 3. The van der Waals surface area contributed by atoms with Gasteiger partial charge < -0.3 is 9.84 Å². The normalized spacial score (nSPS) is 59.2. The van der Waals surface area contributed by atoms with Crippen molar-refractivity contribution in [3.63, 3.8) is 0 Å². The van der Waals surface area contributed by atoms with E-state index < -0.39 is 5.60 Å². The van der Waals surface area contributed by atoms with E-state index in [0.29, 0.717) is 12.0 Å². The molecule has 2 heterocycles. The first kappa shape index (κ1) is 7.04. The number of carbonyl (C=O) groups excluding carboxylic acids is 1. The first-order chi connectivity index (χ1) is 5.63. The van der Waals surface area contributed by atoms with Crippen LogP contribution in [0, 0.1) is 11.8 Å². The molecule has 0 aromatic carbocycles. The minimum atomic E-state index is -0.791. The van der Waals surface area contributed by atoms with Gasteiger partial charge in [0.05, 0.1) is 12.2 Å². The summed E-state index contributed by atoms with van der Waals surface area (Å²) in [6.07, 6.45) is 1.51. The van der Waals surface area contributed by atoms with E-state index in [-0.39, 0.29) is 24.2 Å². The molecule has 4 fully saturated rings. The molecule has 4 rings (SSSR count). The molecular weight excluding hydrogens is 156 g/mol. The van der Waals surface area contributed by atoms with Gasteiger partial charge in [-0.1, -0.05) is 0 Å². The number of hydrogen-bond donors (Lipinski definition) is 1. The molecule has 0 aromatic heterocycles. The lowest BCUT2D eigenvalue weighted by Gasteiger charge is -2.23.